The highest BCUT2D eigenvalue weighted by Crippen LogP contribution is 2.51. The highest BCUT2D eigenvalue weighted by molar-refractivity contribution is 5.95. The zero-order chi connectivity index (χ0) is 25.1. The SMILES string of the molecule is C=CCN(CC=C)[C@@H]1C(=O)N2C(C)=C(C(=O)OC)[C@@H](c3ccc(OC)cc3)N2[C@H]1c1ccccc1. The highest BCUT2D eigenvalue weighted by atomic mass is 16.5. The molecule has 4 rings (SSSR count). The smallest absolute Gasteiger partial charge is 0.337 e. The molecule has 0 aromatic heterocycles. The Morgan fingerprint density at radius 1 is 1.00 bits per heavy atom. The van der Waals surface area contributed by atoms with Crippen molar-refractivity contribution in [2.24, 2.45) is 0 Å². The fraction of sp³-hybridized carbons (Fsp3) is 0.286. The molecule has 0 N–H and O–H groups in total. The summed E-state index contributed by atoms with van der Waals surface area (Å²) in [6, 6.07) is 16.1. The average Bonchev–Trinajstić information content (AvgIpc) is 3.35. The number of benzene rings is 2. The molecule has 1 amide bonds. The molecular formula is C28H31N3O4. The molecule has 2 aliphatic rings. The number of carbonyl (C=O) groups excluding carboxylic acids is 2. The first-order valence-electron chi connectivity index (χ1n) is 11.5. The van der Waals surface area contributed by atoms with Gasteiger partial charge in [0.25, 0.3) is 5.91 Å². The molecule has 2 aromatic carbocycles. The molecule has 0 spiro atoms. The normalized spacial score (nSPS) is 21.9. The van der Waals surface area contributed by atoms with Gasteiger partial charge in [-0.2, -0.15) is 5.01 Å². The van der Waals surface area contributed by atoms with E-state index in [4.69, 9.17) is 9.47 Å². The Kier molecular flexibility index (Phi) is 7.19. The summed E-state index contributed by atoms with van der Waals surface area (Å²) in [4.78, 5) is 29.2. The van der Waals surface area contributed by atoms with Crippen molar-refractivity contribution < 1.29 is 19.1 Å². The van der Waals surface area contributed by atoms with Gasteiger partial charge in [0.15, 0.2) is 0 Å². The summed E-state index contributed by atoms with van der Waals surface area (Å²) in [6.07, 6.45) is 3.59. The van der Waals surface area contributed by atoms with Crippen LogP contribution in [0.4, 0.5) is 0 Å². The summed E-state index contributed by atoms with van der Waals surface area (Å²) in [5.41, 5.74) is 2.86. The number of ether oxygens (including phenoxy) is 2. The molecule has 0 unspecified atom stereocenters. The monoisotopic (exact) mass is 473 g/mol. The first-order valence-corrected chi connectivity index (χ1v) is 11.5. The van der Waals surface area contributed by atoms with Gasteiger partial charge in [-0.05, 0) is 30.2 Å². The summed E-state index contributed by atoms with van der Waals surface area (Å²) < 4.78 is 10.5. The van der Waals surface area contributed by atoms with Crippen LogP contribution < -0.4 is 4.74 Å². The van der Waals surface area contributed by atoms with Crippen LogP contribution >= 0.6 is 0 Å². The molecule has 1 saturated heterocycles. The zero-order valence-corrected chi connectivity index (χ0v) is 20.4. The first-order chi connectivity index (χ1) is 17.0. The second-order valence-electron chi connectivity index (χ2n) is 8.53. The minimum Gasteiger partial charge on any atom is -0.497 e. The van der Waals surface area contributed by atoms with E-state index in [1.807, 2.05) is 59.6 Å². The number of amides is 1. The van der Waals surface area contributed by atoms with Crippen LogP contribution in [-0.2, 0) is 14.3 Å². The molecule has 35 heavy (non-hydrogen) atoms. The summed E-state index contributed by atoms with van der Waals surface area (Å²) in [5.74, 6) is 0.155. The van der Waals surface area contributed by atoms with E-state index in [-0.39, 0.29) is 11.9 Å². The fourth-order valence-electron chi connectivity index (χ4n) is 5.15. The number of nitrogens with zero attached hydrogens (tertiary/aromatic N) is 3. The van der Waals surface area contributed by atoms with Crippen molar-refractivity contribution in [3.05, 3.63) is 102 Å². The molecule has 7 heteroatoms. The minimum atomic E-state index is -0.512. The van der Waals surface area contributed by atoms with Gasteiger partial charge in [-0.3, -0.25) is 9.69 Å². The van der Waals surface area contributed by atoms with Gasteiger partial charge in [0, 0.05) is 18.8 Å². The molecule has 0 bridgehead atoms. The van der Waals surface area contributed by atoms with E-state index in [1.165, 1.54) is 7.11 Å². The van der Waals surface area contributed by atoms with E-state index in [2.05, 4.69) is 18.1 Å². The molecule has 0 radical (unpaired) electrons. The van der Waals surface area contributed by atoms with E-state index in [1.54, 1.807) is 31.2 Å². The standard InChI is InChI=1S/C28H31N3O4/c1-6-17-29(18-7-2)26-25(20-11-9-8-10-12-20)31-24(21-13-15-22(34-4)16-14-21)23(28(33)35-5)19(3)30(31)27(26)32/h6-16,24-26H,1-2,17-18H2,3-5H3/t24-,25+,26+/m1/s1. The van der Waals surface area contributed by atoms with Gasteiger partial charge in [-0.15, -0.1) is 13.2 Å². The number of hydrogen-bond donors (Lipinski definition) is 0. The van der Waals surface area contributed by atoms with Gasteiger partial charge in [0.05, 0.1) is 31.9 Å². The van der Waals surface area contributed by atoms with Gasteiger partial charge >= 0.3 is 5.97 Å². The Morgan fingerprint density at radius 3 is 2.17 bits per heavy atom. The number of carbonyl (C=O) groups is 2. The van der Waals surface area contributed by atoms with Crippen LogP contribution in [0, 0.1) is 0 Å². The third-order valence-electron chi connectivity index (χ3n) is 6.62. The average molecular weight is 474 g/mol. The quantitative estimate of drug-likeness (QED) is 0.405. The summed E-state index contributed by atoms with van der Waals surface area (Å²) in [7, 11) is 2.97. The van der Waals surface area contributed by atoms with E-state index in [0.29, 0.717) is 30.1 Å². The van der Waals surface area contributed by atoms with Gasteiger partial charge in [0.1, 0.15) is 11.8 Å². The van der Waals surface area contributed by atoms with Crippen LogP contribution in [0.3, 0.4) is 0 Å². The highest BCUT2D eigenvalue weighted by Gasteiger charge is 2.58. The molecule has 2 aliphatic heterocycles. The number of hydrogen-bond acceptors (Lipinski definition) is 6. The Labute approximate surface area is 206 Å². The third-order valence-corrected chi connectivity index (χ3v) is 6.62. The van der Waals surface area contributed by atoms with Crippen LogP contribution in [0.25, 0.3) is 0 Å². The van der Waals surface area contributed by atoms with E-state index in [0.717, 1.165) is 11.1 Å². The predicted molar refractivity (Wildman–Crippen MR) is 134 cm³/mol. The van der Waals surface area contributed by atoms with Crippen molar-refractivity contribution in [3.63, 3.8) is 0 Å². The van der Waals surface area contributed by atoms with E-state index >= 15 is 0 Å². The van der Waals surface area contributed by atoms with Crippen molar-refractivity contribution in [1.29, 1.82) is 0 Å². The second-order valence-corrected chi connectivity index (χ2v) is 8.53. The Balaban J connectivity index is 1.93. The molecule has 1 fully saturated rings. The van der Waals surface area contributed by atoms with Crippen LogP contribution in [0.5, 0.6) is 5.75 Å². The molecule has 2 aromatic rings. The minimum absolute atomic E-state index is 0.0996. The van der Waals surface area contributed by atoms with Gasteiger partial charge in [0.2, 0.25) is 0 Å². The van der Waals surface area contributed by atoms with Gasteiger partial charge < -0.3 is 9.47 Å². The van der Waals surface area contributed by atoms with E-state index in [9.17, 15) is 9.59 Å². The van der Waals surface area contributed by atoms with Crippen LogP contribution in [0.2, 0.25) is 0 Å². The van der Waals surface area contributed by atoms with Crippen molar-refractivity contribution >= 4 is 11.9 Å². The van der Waals surface area contributed by atoms with Crippen LogP contribution in [0.15, 0.2) is 91.2 Å². The Morgan fingerprint density at radius 2 is 1.63 bits per heavy atom. The lowest BCUT2D eigenvalue weighted by atomic mass is 9.92. The molecular weight excluding hydrogens is 442 g/mol. The molecule has 0 aliphatic carbocycles. The number of allylic oxidation sites excluding steroid dienone is 1. The zero-order valence-electron chi connectivity index (χ0n) is 20.4. The van der Waals surface area contributed by atoms with Crippen LogP contribution in [-0.4, -0.2) is 60.1 Å². The maximum atomic E-state index is 14.1. The predicted octanol–water partition coefficient (Wildman–Crippen LogP) is 4.04. The lowest BCUT2D eigenvalue weighted by Gasteiger charge is -2.35. The van der Waals surface area contributed by atoms with E-state index < -0.39 is 18.1 Å². The van der Waals surface area contributed by atoms with Crippen molar-refractivity contribution in [1.82, 2.24) is 14.9 Å². The maximum Gasteiger partial charge on any atom is 0.337 e. The third kappa shape index (κ3) is 4.17. The number of esters is 1. The molecule has 3 atom stereocenters. The lowest BCUT2D eigenvalue weighted by Crippen LogP contribution is -2.44. The molecule has 7 nitrogen and oxygen atoms in total. The molecule has 0 saturated carbocycles. The number of rotatable bonds is 9. The summed E-state index contributed by atoms with van der Waals surface area (Å²) >= 11 is 0. The number of fused-ring (bicyclic) bond motifs is 1. The number of methoxy groups -OCH3 is 2. The molecule has 182 valence electrons. The largest absolute Gasteiger partial charge is 0.497 e. The van der Waals surface area contributed by atoms with Crippen molar-refractivity contribution in [2.75, 3.05) is 27.3 Å². The van der Waals surface area contributed by atoms with Gasteiger partial charge in [-0.1, -0.05) is 54.6 Å². The van der Waals surface area contributed by atoms with Crippen molar-refractivity contribution in [3.8, 4) is 5.75 Å². The topological polar surface area (TPSA) is 62.3 Å². The van der Waals surface area contributed by atoms with Crippen LogP contribution in [0.1, 0.15) is 30.1 Å². The lowest BCUT2D eigenvalue weighted by molar-refractivity contribution is -0.138. The molecule has 2 heterocycles. The summed E-state index contributed by atoms with van der Waals surface area (Å²) in [6.45, 7) is 10.6. The fourth-order valence-corrected chi connectivity index (χ4v) is 5.15. The first kappa shape index (κ1) is 24.4. The maximum absolute atomic E-state index is 14.1. The Bertz CT molecular complexity index is 1130. The summed E-state index contributed by atoms with van der Waals surface area (Å²) in [5, 5.41) is 3.67. The second kappa shape index (κ2) is 10.3. The number of hydrazine groups is 1. The van der Waals surface area contributed by atoms with Gasteiger partial charge in [-0.25, -0.2) is 9.80 Å². The van der Waals surface area contributed by atoms with Crippen molar-refractivity contribution in [2.45, 2.75) is 25.0 Å². The Hall–Kier alpha value is -3.68.